The van der Waals surface area contributed by atoms with Gasteiger partial charge >= 0.3 is 0 Å². The molecule has 0 atom stereocenters. The van der Waals surface area contributed by atoms with Gasteiger partial charge in [-0.1, -0.05) is 35.9 Å². The third-order valence-corrected chi connectivity index (χ3v) is 5.54. The van der Waals surface area contributed by atoms with Crippen LogP contribution in [-0.2, 0) is 7.05 Å². The second-order valence-electron chi connectivity index (χ2n) is 7.34. The lowest BCUT2D eigenvalue weighted by Crippen LogP contribution is -2.19. The number of aryl methyl sites for hydroxylation is 1. The summed E-state index contributed by atoms with van der Waals surface area (Å²) in [6, 6.07) is 16.5. The monoisotopic (exact) mass is 447 g/mol. The van der Waals surface area contributed by atoms with Crippen molar-refractivity contribution in [2.45, 2.75) is 13.8 Å². The fourth-order valence-electron chi connectivity index (χ4n) is 3.42. The number of aromatic nitrogens is 4. The van der Waals surface area contributed by atoms with E-state index in [2.05, 4.69) is 9.98 Å². The Morgan fingerprint density at radius 2 is 1.66 bits per heavy atom. The van der Waals surface area contributed by atoms with Crippen molar-refractivity contribution in [3.05, 3.63) is 96.9 Å². The molecule has 32 heavy (non-hydrogen) atoms. The van der Waals surface area contributed by atoms with Gasteiger partial charge in [0.05, 0.1) is 17.1 Å². The van der Waals surface area contributed by atoms with Crippen molar-refractivity contribution in [3.8, 4) is 17.3 Å². The number of aromatic hydroxyl groups is 1. The van der Waals surface area contributed by atoms with Crippen LogP contribution in [-0.4, -0.2) is 30.2 Å². The van der Waals surface area contributed by atoms with Crippen LogP contribution in [0.15, 0.2) is 69.2 Å². The number of nitrogens with zero attached hydrogens (tertiary/aromatic N) is 4. The molecule has 0 spiro atoms. The molecule has 2 heterocycles. The van der Waals surface area contributed by atoms with Gasteiger partial charge in [-0.05, 0) is 50.3 Å². The topological polar surface area (TPSA) is 97.3 Å². The van der Waals surface area contributed by atoms with Crippen LogP contribution in [0.4, 0.5) is 5.69 Å². The van der Waals surface area contributed by atoms with E-state index in [0.717, 1.165) is 5.56 Å². The van der Waals surface area contributed by atoms with Crippen molar-refractivity contribution in [2.75, 3.05) is 0 Å². The van der Waals surface area contributed by atoms with Crippen molar-refractivity contribution in [3.63, 3.8) is 0 Å². The first-order valence-corrected chi connectivity index (χ1v) is 10.2. The van der Waals surface area contributed by atoms with E-state index in [1.807, 2.05) is 49.4 Å². The molecule has 2 N–H and O–H groups in total. The van der Waals surface area contributed by atoms with Gasteiger partial charge in [-0.3, -0.25) is 23.8 Å². The van der Waals surface area contributed by atoms with E-state index >= 15 is 0 Å². The molecule has 0 amide bonds. The molecule has 0 bridgehead atoms. The highest BCUT2D eigenvalue weighted by molar-refractivity contribution is 7.71. The standard InChI is InChI=1S/C23H21N5O3S/c1-14-9-11-16(12-10-14)27-21(30)18(20(29)25-23(27)32)13-24-19-15(2)26(3)28(22(19)31)17-7-5-4-6-8-17/h4-13,30H,1-3H3,(H,25,29,32). The lowest BCUT2D eigenvalue weighted by Gasteiger charge is -2.11. The highest BCUT2D eigenvalue weighted by Crippen LogP contribution is 2.21. The molecule has 9 heteroatoms. The maximum Gasteiger partial charge on any atom is 0.297 e. The Morgan fingerprint density at radius 1 is 1.00 bits per heavy atom. The molecule has 0 unspecified atom stereocenters. The van der Waals surface area contributed by atoms with Gasteiger partial charge < -0.3 is 5.11 Å². The number of hydrogen-bond donors (Lipinski definition) is 2. The maximum absolute atomic E-state index is 13.0. The first-order chi connectivity index (χ1) is 15.3. The van der Waals surface area contributed by atoms with E-state index in [-0.39, 0.29) is 27.5 Å². The summed E-state index contributed by atoms with van der Waals surface area (Å²) in [7, 11) is 1.75. The van der Waals surface area contributed by atoms with Crippen LogP contribution >= 0.6 is 12.2 Å². The van der Waals surface area contributed by atoms with Crippen LogP contribution in [0.5, 0.6) is 5.88 Å². The van der Waals surface area contributed by atoms with Crippen molar-refractivity contribution in [1.29, 1.82) is 0 Å². The van der Waals surface area contributed by atoms with Crippen molar-refractivity contribution in [1.82, 2.24) is 18.9 Å². The molecule has 0 saturated carbocycles. The molecule has 0 aliphatic heterocycles. The Balaban J connectivity index is 1.84. The van der Waals surface area contributed by atoms with Gasteiger partial charge in [-0.2, -0.15) is 0 Å². The molecule has 4 aromatic rings. The van der Waals surface area contributed by atoms with Crippen molar-refractivity contribution in [2.24, 2.45) is 12.0 Å². The van der Waals surface area contributed by atoms with E-state index in [4.69, 9.17) is 12.2 Å². The molecule has 0 saturated heterocycles. The zero-order chi connectivity index (χ0) is 23.0. The van der Waals surface area contributed by atoms with Gasteiger partial charge in [0.2, 0.25) is 5.88 Å². The van der Waals surface area contributed by atoms with Gasteiger partial charge in [-0.15, -0.1) is 0 Å². The maximum atomic E-state index is 13.0. The van der Waals surface area contributed by atoms with Crippen LogP contribution in [0.2, 0.25) is 0 Å². The van der Waals surface area contributed by atoms with Crippen LogP contribution in [0.1, 0.15) is 16.8 Å². The number of rotatable bonds is 4. The first kappa shape index (κ1) is 21.3. The molecule has 8 nitrogen and oxygen atoms in total. The molecule has 0 radical (unpaired) electrons. The lowest BCUT2D eigenvalue weighted by molar-refractivity contribution is 0.432. The summed E-state index contributed by atoms with van der Waals surface area (Å²) in [5, 5.41) is 10.8. The van der Waals surface area contributed by atoms with Gasteiger partial charge in [-0.25, -0.2) is 9.67 Å². The highest BCUT2D eigenvalue weighted by atomic mass is 32.1. The smallest absolute Gasteiger partial charge is 0.297 e. The number of hydrogen-bond acceptors (Lipinski definition) is 5. The van der Waals surface area contributed by atoms with E-state index < -0.39 is 5.56 Å². The number of aliphatic imine (C=N–C) groups is 1. The van der Waals surface area contributed by atoms with Crippen LogP contribution in [0.25, 0.3) is 11.4 Å². The molecule has 0 fully saturated rings. The first-order valence-electron chi connectivity index (χ1n) is 9.83. The summed E-state index contributed by atoms with van der Waals surface area (Å²) in [5.74, 6) is -0.358. The summed E-state index contributed by atoms with van der Waals surface area (Å²) in [5.41, 5.74) is 2.06. The van der Waals surface area contributed by atoms with E-state index in [1.54, 1.807) is 30.8 Å². The summed E-state index contributed by atoms with van der Waals surface area (Å²) >= 11 is 5.24. The van der Waals surface area contributed by atoms with Crippen LogP contribution in [0.3, 0.4) is 0 Å². The van der Waals surface area contributed by atoms with E-state index in [0.29, 0.717) is 17.1 Å². The minimum atomic E-state index is -0.600. The highest BCUT2D eigenvalue weighted by Gasteiger charge is 2.17. The van der Waals surface area contributed by atoms with Gasteiger partial charge in [0.15, 0.2) is 10.5 Å². The Hall–Kier alpha value is -3.98. The number of para-hydroxylation sites is 1. The molecule has 2 aromatic heterocycles. The van der Waals surface area contributed by atoms with Crippen molar-refractivity contribution >= 4 is 24.1 Å². The van der Waals surface area contributed by atoms with Crippen molar-refractivity contribution < 1.29 is 5.11 Å². The Kier molecular flexibility index (Phi) is 5.50. The fraction of sp³-hybridized carbons (Fsp3) is 0.130. The minimum absolute atomic E-state index is 0.0517. The van der Waals surface area contributed by atoms with E-state index in [9.17, 15) is 14.7 Å². The largest absolute Gasteiger partial charge is 0.494 e. The predicted molar refractivity (Wildman–Crippen MR) is 127 cm³/mol. The molecule has 0 aliphatic carbocycles. The number of H-pyrrole nitrogens is 1. The summed E-state index contributed by atoms with van der Waals surface area (Å²) in [6.45, 7) is 3.70. The second-order valence-corrected chi connectivity index (χ2v) is 7.72. The summed E-state index contributed by atoms with van der Waals surface area (Å²) in [4.78, 5) is 32.4. The van der Waals surface area contributed by atoms with Gasteiger partial charge in [0.25, 0.3) is 11.1 Å². The molecule has 2 aromatic carbocycles. The number of aromatic amines is 1. The summed E-state index contributed by atoms with van der Waals surface area (Å²) in [6.07, 6.45) is 1.19. The SMILES string of the molecule is Cc1ccc(-n2c(O)c(C=Nc3c(C)n(C)n(-c4ccccc4)c3=O)c(=O)[nH]c2=S)cc1. The van der Waals surface area contributed by atoms with Gasteiger partial charge in [0, 0.05) is 13.3 Å². The zero-order valence-corrected chi connectivity index (χ0v) is 18.6. The third kappa shape index (κ3) is 3.63. The predicted octanol–water partition coefficient (Wildman–Crippen LogP) is 3.46. The normalized spacial score (nSPS) is 11.3. The number of nitrogens with one attached hydrogen (secondary N) is 1. The average molecular weight is 448 g/mol. The average Bonchev–Trinajstić information content (AvgIpc) is 2.98. The van der Waals surface area contributed by atoms with Crippen LogP contribution in [0, 0.1) is 18.6 Å². The Bertz CT molecular complexity index is 1510. The Morgan fingerprint density at radius 3 is 2.31 bits per heavy atom. The quantitative estimate of drug-likeness (QED) is 0.370. The lowest BCUT2D eigenvalue weighted by atomic mass is 10.2. The number of benzene rings is 2. The molecule has 0 aliphatic rings. The third-order valence-electron chi connectivity index (χ3n) is 5.26. The second kappa shape index (κ2) is 8.27. The zero-order valence-electron chi connectivity index (χ0n) is 17.7. The van der Waals surface area contributed by atoms with Gasteiger partial charge in [0.1, 0.15) is 5.56 Å². The minimum Gasteiger partial charge on any atom is -0.494 e. The molecule has 162 valence electrons. The van der Waals surface area contributed by atoms with Crippen LogP contribution < -0.4 is 11.1 Å². The fourth-order valence-corrected chi connectivity index (χ4v) is 3.70. The molecular weight excluding hydrogens is 426 g/mol. The Labute approximate surface area is 188 Å². The summed E-state index contributed by atoms with van der Waals surface area (Å²) < 4.78 is 4.58. The molecule has 4 rings (SSSR count). The van der Waals surface area contributed by atoms with E-state index in [1.165, 1.54) is 15.5 Å². The molecular formula is C23H21N5O3S.